The summed E-state index contributed by atoms with van der Waals surface area (Å²) in [7, 11) is 0. The lowest BCUT2D eigenvalue weighted by atomic mass is 10.3. The summed E-state index contributed by atoms with van der Waals surface area (Å²) >= 11 is 5.84. The van der Waals surface area contributed by atoms with Crippen molar-refractivity contribution in [3.63, 3.8) is 0 Å². The predicted molar refractivity (Wildman–Crippen MR) is 73.4 cm³/mol. The highest BCUT2D eigenvalue weighted by Crippen LogP contribution is 2.32. The molecule has 0 saturated heterocycles. The summed E-state index contributed by atoms with van der Waals surface area (Å²) in [5, 5.41) is 13.5. The van der Waals surface area contributed by atoms with Crippen LogP contribution in [0.5, 0.6) is 0 Å². The van der Waals surface area contributed by atoms with E-state index in [1.54, 1.807) is 0 Å². The zero-order valence-electron chi connectivity index (χ0n) is 9.93. The Morgan fingerprint density at radius 2 is 2.10 bits per heavy atom. The molecule has 7 nitrogen and oxygen atoms in total. The number of hydrogen-bond acceptors (Lipinski definition) is 6. The molecule has 1 aromatic carbocycles. The molecule has 1 aromatic heterocycles. The van der Waals surface area contributed by atoms with Crippen LogP contribution < -0.4 is 16.6 Å². The molecule has 2 rings (SSSR count). The van der Waals surface area contributed by atoms with Gasteiger partial charge in [0.1, 0.15) is 11.6 Å². The maximum absolute atomic E-state index is 13.7. The Bertz CT molecular complexity index is 647. The molecule has 0 amide bonds. The first-order chi connectivity index (χ1) is 9.52. The number of hydrazine groups is 1. The fourth-order valence-electron chi connectivity index (χ4n) is 1.51. The van der Waals surface area contributed by atoms with Crippen molar-refractivity contribution in [1.82, 2.24) is 4.98 Å². The fourth-order valence-corrected chi connectivity index (χ4v) is 1.72. The van der Waals surface area contributed by atoms with Gasteiger partial charge in [-0.15, -0.1) is 0 Å². The molecule has 0 aliphatic rings. The van der Waals surface area contributed by atoms with E-state index < -0.39 is 10.7 Å². The highest BCUT2D eigenvalue weighted by molar-refractivity contribution is 6.33. The molecule has 0 aliphatic heterocycles. The molecule has 20 heavy (non-hydrogen) atoms. The topological polar surface area (TPSA) is 106 Å². The van der Waals surface area contributed by atoms with Crippen molar-refractivity contribution < 1.29 is 9.31 Å². The third-order valence-electron chi connectivity index (χ3n) is 2.42. The number of hydrogen-bond donors (Lipinski definition) is 3. The van der Waals surface area contributed by atoms with E-state index >= 15 is 0 Å². The molecule has 0 bridgehead atoms. The summed E-state index contributed by atoms with van der Waals surface area (Å²) in [5.41, 5.74) is 1.82. The van der Waals surface area contributed by atoms with Gasteiger partial charge in [0.2, 0.25) is 5.82 Å². The number of nitrogens with one attached hydrogen (secondary N) is 2. The number of nitrogens with two attached hydrogens (primary N) is 1. The van der Waals surface area contributed by atoms with Crippen molar-refractivity contribution >= 4 is 34.6 Å². The van der Waals surface area contributed by atoms with E-state index in [9.17, 15) is 14.5 Å². The molecule has 0 fully saturated rings. The second-order valence-corrected chi connectivity index (χ2v) is 4.09. The Morgan fingerprint density at radius 3 is 2.70 bits per heavy atom. The van der Waals surface area contributed by atoms with E-state index in [0.29, 0.717) is 0 Å². The zero-order chi connectivity index (χ0) is 14.7. The summed E-state index contributed by atoms with van der Waals surface area (Å²) in [6.45, 7) is 0. The standard InChI is InChI=1S/C11H9ClFN5O2/c12-6-2-1-3-7(13)10(6)16-11-8(18(19)20)4-5-9(15-11)17-14/h1-5H,14H2,(H2,15,16,17). The van der Waals surface area contributed by atoms with Gasteiger partial charge in [-0.25, -0.2) is 15.2 Å². The average Bonchev–Trinajstić information content (AvgIpc) is 2.42. The Balaban J connectivity index is 2.49. The van der Waals surface area contributed by atoms with E-state index in [1.165, 1.54) is 30.3 Å². The van der Waals surface area contributed by atoms with Crippen LogP contribution in [0.15, 0.2) is 30.3 Å². The zero-order valence-corrected chi connectivity index (χ0v) is 10.7. The third-order valence-corrected chi connectivity index (χ3v) is 2.74. The highest BCUT2D eigenvalue weighted by Gasteiger charge is 2.18. The first kappa shape index (κ1) is 14.0. The van der Waals surface area contributed by atoms with Crippen LogP contribution in [0, 0.1) is 15.9 Å². The van der Waals surface area contributed by atoms with Crippen molar-refractivity contribution in [2.45, 2.75) is 0 Å². The van der Waals surface area contributed by atoms with Crippen LogP contribution in [0.2, 0.25) is 5.02 Å². The second-order valence-electron chi connectivity index (χ2n) is 3.69. The molecular formula is C11H9ClFN5O2. The summed E-state index contributed by atoms with van der Waals surface area (Å²) < 4.78 is 13.7. The third kappa shape index (κ3) is 2.76. The molecule has 0 saturated carbocycles. The largest absolute Gasteiger partial charge is 0.331 e. The van der Waals surface area contributed by atoms with E-state index in [2.05, 4.69) is 15.7 Å². The number of benzene rings is 1. The van der Waals surface area contributed by atoms with Gasteiger partial charge in [-0.05, 0) is 18.2 Å². The molecule has 0 spiro atoms. The van der Waals surface area contributed by atoms with Crippen LogP contribution in [-0.4, -0.2) is 9.91 Å². The predicted octanol–water partition coefficient (Wildman–Crippen LogP) is 2.81. The van der Waals surface area contributed by atoms with E-state index in [0.717, 1.165) is 0 Å². The van der Waals surface area contributed by atoms with Crippen molar-refractivity contribution in [2.75, 3.05) is 10.7 Å². The number of rotatable bonds is 4. The van der Waals surface area contributed by atoms with Crippen LogP contribution in [0.4, 0.5) is 27.4 Å². The summed E-state index contributed by atoms with van der Waals surface area (Å²) in [4.78, 5) is 14.2. The minimum absolute atomic E-state index is 0.0761. The number of nitro groups is 1. The average molecular weight is 298 g/mol. The van der Waals surface area contributed by atoms with Gasteiger partial charge in [-0.1, -0.05) is 17.7 Å². The summed E-state index contributed by atoms with van der Waals surface area (Å²) in [6, 6.07) is 6.56. The molecule has 104 valence electrons. The first-order valence-electron chi connectivity index (χ1n) is 5.36. The Morgan fingerprint density at radius 1 is 1.35 bits per heavy atom. The normalized spacial score (nSPS) is 10.2. The van der Waals surface area contributed by atoms with Gasteiger partial charge in [-0.3, -0.25) is 10.1 Å². The summed E-state index contributed by atoms with van der Waals surface area (Å²) in [6.07, 6.45) is 0. The van der Waals surface area contributed by atoms with Gasteiger partial charge in [-0.2, -0.15) is 0 Å². The SMILES string of the molecule is NNc1ccc([N+](=O)[O-])c(Nc2c(F)cccc2Cl)n1. The second kappa shape index (κ2) is 5.68. The number of pyridine rings is 1. The first-order valence-corrected chi connectivity index (χ1v) is 5.74. The molecule has 0 unspecified atom stereocenters. The number of nitrogens with zero attached hydrogens (tertiary/aromatic N) is 2. The number of nitrogen functional groups attached to an aromatic ring is 1. The van der Waals surface area contributed by atoms with Crippen LogP contribution in [0.1, 0.15) is 0 Å². The number of para-hydroxylation sites is 1. The van der Waals surface area contributed by atoms with Crippen molar-refractivity contribution in [1.29, 1.82) is 0 Å². The summed E-state index contributed by atoms with van der Waals surface area (Å²) in [5.74, 6) is 4.55. The molecular weight excluding hydrogens is 289 g/mol. The monoisotopic (exact) mass is 297 g/mol. The van der Waals surface area contributed by atoms with Gasteiger partial charge in [0, 0.05) is 6.07 Å². The maximum Gasteiger partial charge on any atom is 0.311 e. The van der Waals surface area contributed by atoms with E-state index in [-0.39, 0.29) is 28.0 Å². The highest BCUT2D eigenvalue weighted by atomic mass is 35.5. The maximum atomic E-state index is 13.7. The molecule has 2 aromatic rings. The lowest BCUT2D eigenvalue weighted by molar-refractivity contribution is -0.384. The minimum atomic E-state index is -0.653. The quantitative estimate of drug-likeness (QED) is 0.455. The number of halogens is 2. The Hall–Kier alpha value is -2.45. The minimum Gasteiger partial charge on any atom is -0.331 e. The van der Waals surface area contributed by atoms with Gasteiger partial charge in [0.05, 0.1) is 15.6 Å². The van der Waals surface area contributed by atoms with Crippen LogP contribution in [0.3, 0.4) is 0 Å². The smallest absolute Gasteiger partial charge is 0.311 e. The van der Waals surface area contributed by atoms with Gasteiger partial charge in [0.15, 0.2) is 0 Å². The van der Waals surface area contributed by atoms with E-state index in [1.807, 2.05) is 0 Å². The van der Waals surface area contributed by atoms with Crippen molar-refractivity contribution in [2.24, 2.45) is 5.84 Å². The lowest BCUT2D eigenvalue weighted by Gasteiger charge is -2.10. The van der Waals surface area contributed by atoms with Gasteiger partial charge < -0.3 is 10.7 Å². The Labute approximate surface area is 117 Å². The molecule has 9 heteroatoms. The molecule has 1 heterocycles. The molecule has 4 N–H and O–H groups in total. The van der Waals surface area contributed by atoms with E-state index in [4.69, 9.17) is 17.4 Å². The van der Waals surface area contributed by atoms with Crippen molar-refractivity contribution in [3.8, 4) is 0 Å². The number of aromatic nitrogens is 1. The molecule has 0 aliphatic carbocycles. The van der Waals surface area contributed by atoms with Gasteiger partial charge >= 0.3 is 5.69 Å². The number of anilines is 3. The molecule has 0 radical (unpaired) electrons. The van der Waals surface area contributed by atoms with Crippen LogP contribution in [-0.2, 0) is 0 Å². The lowest BCUT2D eigenvalue weighted by Crippen LogP contribution is -2.10. The van der Waals surface area contributed by atoms with Crippen molar-refractivity contribution in [3.05, 3.63) is 51.3 Å². The fraction of sp³-hybridized carbons (Fsp3) is 0. The van der Waals surface area contributed by atoms with Crippen LogP contribution in [0.25, 0.3) is 0 Å². The molecule has 0 atom stereocenters. The Kier molecular flexibility index (Phi) is 3.97. The van der Waals surface area contributed by atoms with Gasteiger partial charge in [0.25, 0.3) is 0 Å². The van der Waals surface area contributed by atoms with Crippen LogP contribution >= 0.6 is 11.6 Å².